The first kappa shape index (κ1) is 14.2. The van der Waals surface area contributed by atoms with Crippen LogP contribution in [-0.4, -0.2) is 17.0 Å². The SMILES string of the molecule is O=C(NN=C/C=C/c1ccco1)c1cccc([N+](=O)[O-])c1. The lowest BCUT2D eigenvalue weighted by Crippen LogP contribution is -2.17. The van der Waals surface area contributed by atoms with Gasteiger partial charge in [-0.3, -0.25) is 14.9 Å². The quantitative estimate of drug-likeness (QED) is 0.518. The summed E-state index contributed by atoms with van der Waals surface area (Å²) in [6, 6.07) is 8.92. The third-order valence-corrected chi connectivity index (χ3v) is 2.45. The van der Waals surface area contributed by atoms with Gasteiger partial charge in [-0.25, -0.2) is 5.43 Å². The molecule has 1 N–H and O–H groups in total. The minimum atomic E-state index is -0.563. The van der Waals surface area contributed by atoms with E-state index in [0.717, 1.165) is 0 Å². The zero-order valence-corrected chi connectivity index (χ0v) is 10.8. The summed E-state index contributed by atoms with van der Waals surface area (Å²) in [7, 11) is 0. The fraction of sp³-hybridized carbons (Fsp3) is 0. The maximum atomic E-state index is 11.7. The van der Waals surface area contributed by atoms with Gasteiger partial charge in [-0.1, -0.05) is 6.07 Å². The topological polar surface area (TPSA) is 97.7 Å². The van der Waals surface area contributed by atoms with Gasteiger partial charge >= 0.3 is 0 Å². The van der Waals surface area contributed by atoms with Crippen LogP contribution in [0, 0.1) is 10.1 Å². The van der Waals surface area contributed by atoms with Crippen molar-refractivity contribution in [1.29, 1.82) is 0 Å². The van der Waals surface area contributed by atoms with Gasteiger partial charge in [0.05, 0.1) is 11.2 Å². The minimum Gasteiger partial charge on any atom is -0.465 e. The Morgan fingerprint density at radius 2 is 2.19 bits per heavy atom. The Hall–Kier alpha value is -3.22. The average Bonchev–Trinajstić information content (AvgIpc) is 3.00. The third-order valence-electron chi connectivity index (χ3n) is 2.45. The molecule has 0 aliphatic heterocycles. The van der Waals surface area contributed by atoms with E-state index in [1.54, 1.807) is 30.5 Å². The summed E-state index contributed by atoms with van der Waals surface area (Å²) in [5.41, 5.74) is 2.29. The van der Waals surface area contributed by atoms with Crippen LogP contribution in [-0.2, 0) is 0 Å². The Bertz CT molecular complexity index is 690. The molecule has 0 aliphatic rings. The fourth-order valence-electron chi connectivity index (χ4n) is 1.49. The van der Waals surface area contributed by atoms with Crippen LogP contribution >= 0.6 is 0 Å². The molecule has 2 aromatic rings. The van der Waals surface area contributed by atoms with Gasteiger partial charge in [0.2, 0.25) is 0 Å². The number of hydrogen-bond acceptors (Lipinski definition) is 5. The van der Waals surface area contributed by atoms with Gasteiger partial charge in [0.15, 0.2) is 0 Å². The molecule has 106 valence electrons. The lowest BCUT2D eigenvalue weighted by atomic mass is 10.2. The second kappa shape index (κ2) is 6.80. The lowest BCUT2D eigenvalue weighted by molar-refractivity contribution is -0.384. The molecule has 0 saturated heterocycles. The second-order valence-electron chi connectivity index (χ2n) is 3.90. The minimum absolute atomic E-state index is 0.149. The number of benzene rings is 1. The van der Waals surface area contributed by atoms with Crippen LogP contribution in [0.25, 0.3) is 6.08 Å². The molecule has 1 aromatic heterocycles. The predicted molar refractivity (Wildman–Crippen MR) is 76.8 cm³/mol. The van der Waals surface area contributed by atoms with E-state index in [4.69, 9.17) is 4.42 Å². The van der Waals surface area contributed by atoms with Gasteiger partial charge in [-0.05, 0) is 30.4 Å². The van der Waals surface area contributed by atoms with Crippen molar-refractivity contribution in [2.24, 2.45) is 5.10 Å². The molecule has 1 amide bonds. The number of hydrogen-bond donors (Lipinski definition) is 1. The molecule has 2 rings (SSSR count). The molecule has 1 heterocycles. The van der Waals surface area contributed by atoms with E-state index in [1.807, 2.05) is 0 Å². The summed E-state index contributed by atoms with van der Waals surface area (Å²) >= 11 is 0. The van der Waals surface area contributed by atoms with Gasteiger partial charge in [-0.2, -0.15) is 5.10 Å². The van der Waals surface area contributed by atoms with Crippen molar-refractivity contribution < 1.29 is 14.1 Å². The molecule has 0 bridgehead atoms. The van der Waals surface area contributed by atoms with E-state index in [1.165, 1.54) is 30.5 Å². The number of hydrazone groups is 1. The Labute approximate surface area is 119 Å². The zero-order chi connectivity index (χ0) is 15.1. The number of nitrogens with zero attached hydrogens (tertiary/aromatic N) is 2. The summed E-state index contributed by atoms with van der Waals surface area (Å²) in [6.45, 7) is 0. The molecule has 0 unspecified atom stereocenters. The number of rotatable bonds is 5. The third kappa shape index (κ3) is 4.13. The van der Waals surface area contributed by atoms with E-state index in [2.05, 4.69) is 10.5 Å². The van der Waals surface area contributed by atoms with E-state index in [9.17, 15) is 14.9 Å². The van der Waals surface area contributed by atoms with Gasteiger partial charge in [-0.15, -0.1) is 0 Å². The van der Waals surface area contributed by atoms with Crippen molar-refractivity contribution in [3.63, 3.8) is 0 Å². The molecule has 0 radical (unpaired) electrons. The summed E-state index contributed by atoms with van der Waals surface area (Å²) < 4.78 is 5.07. The van der Waals surface area contributed by atoms with Crippen LogP contribution < -0.4 is 5.43 Å². The number of nitro benzene ring substituents is 1. The number of furan rings is 1. The van der Waals surface area contributed by atoms with E-state index < -0.39 is 10.8 Å². The number of nitrogens with one attached hydrogen (secondary N) is 1. The predicted octanol–water partition coefficient (Wildman–Crippen LogP) is 2.62. The van der Waals surface area contributed by atoms with Crippen molar-refractivity contribution in [1.82, 2.24) is 5.43 Å². The lowest BCUT2D eigenvalue weighted by Gasteiger charge is -1.98. The Balaban J connectivity index is 1.92. The fourth-order valence-corrected chi connectivity index (χ4v) is 1.49. The largest absolute Gasteiger partial charge is 0.465 e. The van der Waals surface area contributed by atoms with Crippen LogP contribution in [0.2, 0.25) is 0 Å². The normalized spacial score (nSPS) is 11.0. The van der Waals surface area contributed by atoms with Crippen molar-refractivity contribution in [2.75, 3.05) is 0 Å². The average molecular weight is 285 g/mol. The zero-order valence-electron chi connectivity index (χ0n) is 10.8. The second-order valence-corrected chi connectivity index (χ2v) is 3.90. The van der Waals surface area contributed by atoms with Crippen LogP contribution in [0.5, 0.6) is 0 Å². The molecule has 0 aliphatic carbocycles. The number of non-ortho nitro benzene ring substituents is 1. The van der Waals surface area contributed by atoms with Gasteiger partial charge in [0.1, 0.15) is 5.76 Å². The first-order valence-electron chi connectivity index (χ1n) is 5.95. The van der Waals surface area contributed by atoms with Crippen molar-refractivity contribution in [2.45, 2.75) is 0 Å². The van der Waals surface area contributed by atoms with E-state index in [0.29, 0.717) is 5.76 Å². The Morgan fingerprint density at radius 3 is 2.90 bits per heavy atom. The summed E-state index contributed by atoms with van der Waals surface area (Å²) in [5, 5.41) is 14.3. The molecule has 1 aromatic carbocycles. The smallest absolute Gasteiger partial charge is 0.271 e. The van der Waals surface area contributed by atoms with Crippen molar-refractivity contribution in [3.8, 4) is 0 Å². The maximum Gasteiger partial charge on any atom is 0.271 e. The van der Waals surface area contributed by atoms with E-state index >= 15 is 0 Å². The van der Waals surface area contributed by atoms with Crippen LogP contribution in [0.15, 0.2) is 58.3 Å². The molecule has 0 fully saturated rings. The molecule has 0 atom stereocenters. The molecule has 7 nitrogen and oxygen atoms in total. The van der Waals surface area contributed by atoms with Crippen LogP contribution in [0.4, 0.5) is 5.69 Å². The number of nitro groups is 1. The Kier molecular flexibility index (Phi) is 4.60. The molecule has 0 spiro atoms. The molecular weight excluding hydrogens is 274 g/mol. The molecule has 0 saturated carbocycles. The van der Waals surface area contributed by atoms with Gasteiger partial charge < -0.3 is 4.42 Å². The number of amides is 1. The summed E-state index contributed by atoms with van der Waals surface area (Å²) in [5.74, 6) is 0.132. The number of allylic oxidation sites excluding steroid dienone is 1. The maximum absolute atomic E-state index is 11.7. The highest BCUT2D eigenvalue weighted by Gasteiger charge is 2.10. The number of carbonyl (C=O) groups is 1. The standard InChI is InChI=1S/C14H11N3O4/c18-14(11-4-1-5-12(10-11)17(19)20)16-15-8-2-6-13-7-3-9-21-13/h1-10H,(H,16,18)/b6-2+,15-8?. The summed E-state index contributed by atoms with van der Waals surface area (Å²) in [4.78, 5) is 21.8. The van der Waals surface area contributed by atoms with Crippen molar-refractivity contribution >= 4 is 23.9 Å². The number of carbonyl (C=O) groups excluding carboxylic acids is 1. The highest BCUT2D eigenvalue weighted by Crippen LogP contribution is 2.12. The highest BCUT2D eigenvalue weighted by atomic mass is 16.6. The summed E-state index contributed by atoms with van der Waals surface area (Å²) in [6.07, 6.45) is 6.17. The van der Waals surface area contributed by atoms with Crippen LogP contribution in [0.1, 0.15) is 16.1 Å². The van der Waals surface area contributed by atoms with E-state index in [-0.39, 0.29) is 11.3 Å². The Morgan fingerprint density at radius 1 is 1.33 bits per heavy atom. The molecule has 7 heteroatoms. The van der Waals surface area contributed by atoms with Crippen molar-refractivity contribution in [3.05, 3.63) is 70.2 Å². The first-order chi connectivity index (χ1) is 10.2. The monoisotopic (exact) mass is 285 g/mol. The first-order valence-corrected chi connectivity index (χ1v) is 5.95. The molecular formula is C14H11N3O4. The molecule has 21 heavy (non-hydrogen) atoms. The van der Waals surface area contributed by atoms with Gasteiger partial charge in [0, 0.05) is 23.9 Å². The van der Waals surface area contributed by atoms with Crippen LogP contribution in [0.3, 0.4) is 0 Å². The highest BCUT2D eigenvalue weighted by molar-refractivity contribution is 5.95. The van der Waals surface area contributed by atoms with Gasteiger partial charge in [0.25, 0.3) is 11.6 Å².